The summed E-state index contributed by atoms with van der Waals surface area (Å²) in [5.41, 5.74) is 1.28. The Kier molecular flexibility index (Phi) is 4.45. The van der Waals surface area contributed by atoms with Crippen LogP contribution in [0.5, 0.6) is 0 Å². The number of hydrogen-bond acceptors (Lipinski definition) is 4. The van der Waals surface area contributed by atoms with Gasteiger partial charge in [-0.3, -0.25) is 14.5 Å². The number of carbonyl (C=O) groups is 2. The van der Waals surface area contributed by atoms with Crippen LogP contribution in [-0.4, -0.2) is 31.5 Å². The predicted octanol–water partition coefficient (Wildman–Crippen LogP) is 2.52. The number of aromatic nitrogens is 3. The summed E-state index contributed by atoms with van der Waals surface area (Å²) in [5, 5.41) is 8.21. The van der Waals surface area contributed by atoms with Gasteiger partial charge in [0.05, 0.1) is 12.0 Å². The van der Waals surface area contributed by atoms with Crippen molar-refractivity contribution >= 4 is 11.8 Å². The number of rotatable bonds is 5. The Balaban J connectivity index is 1.94. The minimum Gasteiger partial charge on any atom is -0.314 e. The standard InChI is InChI=1S/C19H24N4O2/c1-5-19(15-9-7-13(3)8-10-15)11-17(24)23(18(19)25)12-16-21-20-14(4)22(16)6-2/h7-10H,5-6,11-12H2,1-4H3. The molecule has 1 atom stereocenters. The molecule has 25 heavy (non-hydrogen) atoms. The van der Waals surface area contributed by atoms with Crippen LogP contribution >= 0.6 is 0 Å². The molecular weight excluding hydrogens is 316 g/mol. The number of aryl methyl sites for hydroxylation is 2. The fourth-order valence-electron chi connectivity index (χ4n) is 3.63. The zero-order chi connectivity index (χ0) is 18.2. The fourth-order valence-corrected chi connectivity index (χ4v) is 3.63. The Labute approximate surface area is 147 Å². The molecule has 0 saturated carbocycles. The molecule has 0 N–H and O–H groups in total. The largest absolute Gasteiger partial charge is 0.314 e. The van der Waals surface area contributed by atoms with E-state index in [9.17, 15) is 9.59 Å². The van der Waals surface area contributed by atoms with Crippen LogP contribution in [0.3, 0.4) is 0 Å². The minimum absolute atomic E-state index is 0.132. The molecule has 0 radical (unpaired) electrons. The third kappa shape index (κ3) is 2.75. The van der Waals surface area contributed by atoms with E-state index in [1.54, 1.807) is 0 Å². The van der Waals surface area contributed by atoms with Gasteiger partial charge in [-0.2, -0.15) is 0 Å². The smallest absolute Gasteiger partial charge is 0.240 e. The van der Waals surface area contributed by atoms with Gasteiger partial charge in [-0.25, -0.2) is 0 Å². The highest BCUT2D eigenvalue weighted by atomic mass is 16.2. The highest BCUT2D eigenvalue weighted by Gasteiger charge is 2.51. The van der Waals surface area contributed by atoms with Crippen LogP contribution in [0.25, 0.3) is 0 Å². The first kappa shape index (κ1) is 17.3. The van der Waals surface area contributed by atoms with Gasteiger partial charge in [-0.1, -0.05) is 36.8 Å². The number of carbonyl (C=O) groups excluding carboxylic acids is 2. The van der Waals surface area contributed by atoms with E-state index in [1.165, 1.54) is 4.90 Å². The van der Waals surface area contributed by atoms with E-state index in [2.05, 4.69) is 10.2 Å². The summed E-state index contributed by atoms with van der Waals surface area (Å²) in [6.45, 7) is 8.73. The maximum absolute atomic E-state index is 13.2. The van der Waals surface area contributed by atoms with Crippen molar-refractivity contribution in [3.05, 3.63) is 47.0 Å². The number of imide groups is 1. The van der Waals surface area contributed by atoms with Crippen molar-refractivity contribution in [3.8, 4) is 0 Å². The molecule has 0 aliphatic carbocycles. The zero-order valence-corrected chi connectivity index (χ0v) is 15.2. The van der Waals surface area contributed by atoms with Gasteiger partial charge in [0.1, 0.15) is 5.82 Å². The quantitative estimate of drug-likeness (QED) is 0.784. The van der Waals surface area contributed by atoms with Crippen LogP contribution in [-0.2, 0) is 28.1 Å². The number of nitrogens with zero attached hydrogens (tertiary/aromatic N) is 4. The molecule has 2 amide bonds. The van der Waals surface area contributed by atoms with Crippen molar-refractivity contribution in [1.29, 1.82) is 0 Å². The van der Waals surface area contributed by atoms with Crippen LogP contribution in [0, 0.1) is 13.8 Å². The molecular formula is C19H24N4O2. The fraction of sp³-hybridized carbons (Fsp3) is 0.474. The first-order chi connectivity index (χ1) is 11.9. The molecule has 1 fully saturated rings. The first-order valence-electron chi connectivity index (χ1n) is 8.73. The topological polar surface area (TPSA) is 68.1 Å². The van der Waals surface area contributed by atoms with E-state index < -0.39 is 5.41 Å². The molecule has 1 aliphatic rings. The maximum Gasteiger partial charge on any atom is 0.240 e. The normalized spacial score (nSPS) is 20.6. The maximum atomic E-state index is 13.2. The SMILES string of the molecule is CCn1c(C)nnc1CN1C(=O)CC(CC)(c2ccc(C)cc2)C1=O. The monoisotopic (exact) mass is 340 g/mol. The molecule has 3 rings (SSSR count). The molecule has 1 saturated heterocycles. The van der Waals surface area contributed by atoms with Gasteiger partial charge < -0.3 is 4.57 Å². The third-order valence-electron chi connectivity index (χ3n) is 5.24. The molecule has 132 valence electrons. The van der Waals surface area contributed by atoms with Crippen LogP contribution in [0.1, 0.15) is 49.5 Å². The molecule has 0 bridgehead atoms. The van der Waals surface area contributed by atoms with Crippen LogP contribution < -0.4 is 0 Å². The van der Waals surface area contributed by atoms with Gasteiger partial charge in [0.15, 0.2) is 5.82 Å². The second-order valence-corrected chi connectivity index (χ2v) is 6.67. The summed E-state index contributed by atoms with van der Waals surface area (Å²) in [5.74, 6) is 1.16. The van der Waals surface area contributed by atoms with Crippen molar-refractivity contribution in [2.24, 2.45) is 0 Å². The molecule has 6 nitrogen and oxygen atoms in total. The van der Waals surface area contributed by atoms with E-state index >= 15 is 0 Å². The Morgan fingerprint density at radius 3 is 2.36 bits per heavy atom. The molecule has 2 heterocycles. The van der Waals surface area contributed by atoms with Gasteiger partial charge in [-0.15, -0.1) is 10.2 Å². The van der Waals surface area contributed by atoms with Crippen LogP contribution in [0.4, 0.5) is 0 Å². The molecule has 1 aliphatic heterocycles. The van der Waals surface area contributed by atoms with E-state index in [4.69, 9.17) is 0 Å². The molecule has 1 aromatic carbocycles. The Morgan fingerprint density at radius 1 is 1.08 bits per heavy atom. The second-order valence-electron chi connectivity index (χ2n) is 6.67. The summed E-state index contributed by atoms with van der Waals surface area (Å²) in [6, 6.07) is 7.91. The van der Waals surface area contributed by atoms with Crippen molar-refractivity contribution < 1.29 is 9.59 Å². The molecule has 0 spiro atoms. The average molecular weight is 340 g/mol. The summed E-state index contributed by atoms with van der Waals surface area (Å²) < 4.78 is 1.93. The number of hydrogen-bond donors (Lipinski definition) is 0. The van der Waals surface area contributed by atoms with Crippen molar-refractivity contribution in [1.82, 2.24) is 19.7 Å². The van der Waals surface area contributed by atoms with E-state index in [0.29, 0.717) is 18.8 Å². The Bertz CT molecular complexity index is 809. The van der Waals surface area contributed by atoms with Gasteiger partial charge in [-0.05, 0) is 32.8 Å². The minimum atomic E-state index is -0.767. The van der Waals surface area contributed by atoms with Crippen molar-refractivity contribution in [2.75, 3.05) is 0 Å². The Hall–Kier alpha value is -2.50. The number of amides is 2. The molecule has 1 aromatic heterocycles. The predicted molar refractivity (Wildman–Crippen MR) is 93.8 cm³/mol. The average Bonchev–Trinajstić information content (AvgIpc) is 3.08. The van der Waals surface area contributed by atoms with E-state index in [1.807, 2.05) is 56.5 Å². The lowest BCUT2D eigenvalue weighted by Crippen LogP contribution is -2.38. The molecule has 6 heteroatoms. The van der Waals surface area contributed by atoms with Gasteiger partial charge in [0, 0.05) is 13.0 Å². The van der Waals surface area contributed by atoms with Crippen molar-refractivity contribution in [2.45, 2.75) is 59.0 Å². The summed E-state index contributed by atoms with van der Waals surface area (Å²) in [6.07, 6.45) is 0.807. The van der Waals surface area contributed by atoms with Gasteiger partial charge in [0.2, 0.25) is 11.8 Å². The van der Waals surface area contributed by atoms with Gasteiger partial charge >= 0.3 is 0 Å². The van der Waals surface area contributed by atoms with Crippen LogP contribution in [0.15, 0.2) is 24.3 Å². The van der Waals surface area contributed by atoms with E-state index in [-0.39, 0.29) is 24.8 Å². The lowest BCUT2D eigenvalue weighted by atomic mass is 9.76. The van der Waals surface area contributed by atoms with Crippen LogP contribution in [0.2, 0.25) is 0 Å². The number of likely N-dealkylation sites (tertiary alicyclic amines) is 1. The lowest BCUT2D eigenvalue weighted by Gasteiger charge is -2.26. The first-order valence-corrected chi connectivity index (χ1v) is 8.73. The highest BCUT2D eigenvalue weighted by Crippen LogP contribution is 2.40. The highest BCUT2D eigenvalue weighted by molar-refractivity contribution is 6.08. The second kappa shape index (κ2) is 6.43. The summed E-state index contributed by atoms with van der Waals surface area (Å²) in [4.78, 5) is 27.2. The summed E-state index contributed by atoms with van der Waals surface area (Å²) in [7, 11) is 0. The molecule has 1 unspecified atom stereocenters. The number of benzene rings is 1. The lowest BCUT2D eigenvalue weighted by molar-refractivity contribution is -0.140. The van der Waals surface area contributed by atoms with Crippen molar-refractivity contribution in [3.63, 3.8) is 0 Å². The van der Waals surface area contributed by atoms with E-state index in [0.717, 1.165) is 17.0 Å². The zero-order valence-electron chi connectivity index (χ0n) is 15.2. The molecule has 2 aromatic rings. The van der Waals surface area contributed by atoms with Gasteiger partial charge in [0.25, 0.3) is 0 Å². The summed E-state index contributed by atoms with van der Waals surface area (Å²) >= 11 is 0. The third-order valence-corrected chi connectivity index (χ3v) is 5.24. The Morgan fingerprint density at radius 2 is 1.76 bits per heavy atom.